The van der Waals surface area contributed by atoms with Gasteiger partial charge in [-0.15, -0.1) is 0 Å². The van der Waals surface area contributed by atoms with Crippen molar-refractivity contribution in [3.63, 3.8) is 0 Å². The Morgan fingerprint density at radius 3 is 1.67 bits per heavy atom. The summed E-state index contributed by atoms with van der Waals surface area (Å²) < 4.78 is 29.6. The lowest BCUT2D eigenvalue weighted by Gasteiger charge is -2.13. The molecule has 0 aliphatic heterocycles. The number of halogens is 5. The Kier molecular flexibility index (Phi) is 5.74. The Hall–Kier alpha value is -0.960. The van der Waals surface area contributed by atoms with Gasteiger partial charge in [0, 0.05) is 12.1 Å². The predicted molar refractivity (Wildman–Crippen MR) is 92.4 cm³/mol. The molecule has 24 heavy (non-hydrogen) atoms. The number of nitro groups is 1. The smallest absolute Gasteiger partial charge is 0.342 e. The summed E-state index contributed by atoms with van der Waals surface area (Å²) in [6, 6.07) is 4.32. The molecule has 12 heteroatoms. The Morgan fingerprint density at radius 1 is 0.833 bits per heavy atom. The summed E-state index contributed by atoms with van der Waals surface area (Å²) in [5.41, 5.74) is -0.242. The van der Waals surface area contributed by atoms with Crippen LogP contribution in [0.5, 0.6) is 5.75 Å². The van der Waals surface area contributed by atoms with Crippen LogP contribution in [0.15, 0.2) is 29.2 Å². The highest BCUT2D eigenvalue weighted by Gasteiger charge is 2.30. The van der Waals surface area contributed by atoms with Crippen molar-refractivity contribution in [3.05, 3.63) is 59.5 Å². The molecule has 0 saturated carbocycles. The van der Waals surface area contributed by atoms with Crippen molar-refractivity contribution in [2.24, 2.45) is 0 Å². The molecule has 0 heterocycles. The van der Waals surface area contributed by atoms with Crippen LogP contribution >= 0.6 is 58.0 Å². The van der Waals surface area contributed by atoms with E-state index in [0.29, 0.717) is 0 Å². The van der Waals surface area contributed by atoms with Crippen LogP contribution < -0.4 is 4.18 Å². The van der Waals surface area contributed by atoms with Crippen molar-refractivity contribution in [1.29, 1.82) is 0 Å². The van der Waals surface area contributed by atoms with Crippen LogP contribution in [-0.4, -0.2) is 13.3 Å². The zero-order valence-electron chi connectivity index (χ0n) is 11.1. The lowest BCUT2D eigenvalue weighted by atomic mass is 10.3. The number of nitro benzene ring substituents is 1. The van der Waals surface area contributed by atoms with E-state index in [1.807, 2.05) is 0 Å². The first-order valence-corrected chi connectivity index (χ1v) is 9.06. The van der Waals surface area contributed by atoms with Crippen LogP contribution in [0.3, 0.4) is 0 Å². The van der Waals surface area contributed by atoms with Crippen LogP contribution in [0.25, 0.3) is 0 Å². The van der Waals surface area contributed by atoms with E-state index < -0.39 is 30.0 Å². The fourth-order valence-electron chi connectivity index (χ4n) is 1.60. The molecule has 0 aliphatic carbocycles. The summed E-state index contributed by atoms with van der Waals surface area (Å²) in [7, 11) is -4.53. The van der Waals surface area contributed by atoms with Gasteiger partial charge in [-0.1, -0.05) is 58.0 Å². The first kappa shape index (κ1) is 19.4. The monoisotopic (exact) mass is 449 g/mol. The molecule has 0 spiro atoms. The normalized spacial score (nSPS) is 11.4. The van der Waals surface area contributed by atoms with Crippen LogP contribution in [0.2, 0.25) is 25.1 Å². The fourth-order valence-corrected chi connectivity index (χ4v) is 4.50. The molecule has 2 aromatic rings. The second-order valence-electron chi connectivity index (χ2n) is 4.19. The second kappa shape index (κ2) is 7.11. The zero-order chi connectivity index (χ0) is 18.2. The van der Waals surface area contributed by atoms with Crippen LogP contribution in [0, 0.1) is 10.1 Å². The zero-order valence-corrected chi connectivity index (χ0v) is 15.7. The molecular weight excluding hydrogens is 447 g/mol. The van der Waals surface area contributed by atoms with E-state index in [0.717, 1.165) is 24.3 Å². The molecule has 0 saturated heterocycles. The Balaban J connectivity index is 2.50. The van der Waals surface area contributed by atoms with Crippen molar-refractivity contribution in [2.45, 2.75) is 4.90 Å². The number of non-ortho nitro benzene ring substituents is 1. The van der Waals surface area contributed by atoms with Gasteiger partial charge in [0.25, 0.3) is 5.69 Å². The number of hydrogen-bond donors (Lipinski definition) is 0. The van der Waals surface area contributed by atoms with Gasteiger partial charge < -0.3 is 4.18 Å². The maximum atomic E-state index is 12.4. The fraction of sp³-hybridized carbons (Fsp3) is 0. The van der Waals surface area contributed by atoms with Gasteiger partial charge in [0.1, 0.15) is 10.6 Å². The SMILES string of the molecule is O=[N+]([O-])c1ccc(OS(=O)(=O)c2c(Cl)c(Cl)c(Cl)c(Cl)c2Cl)cc1. The van der Waals surface area contributed by atoms with E-state index in [2.05, 4.69) is 0 Å². The first-order valence-electron chi connectivity index (χ1n) is 5.76. The molecule has 0 N–H and O–H groups in total. The highest BCUT2D eigenvalue weighted by Crippen LogP contribution is 2.46. The quantitative estimate of drug-likeness (QED) is 0.198. The third-order valence-electron chi connectivity index (χ3n) is 2.67. The van der Waals surface area contributed by atoms with Gasteiger partial charge in [-0.05, 0) is 12.1 Å². The van der Waals surface area contributed by atoms with E-state index in [9.17, 15) is 18.5 Å². The van der Waals surface area contributed by atoms with E-state index in [1.165, 1.54) is 0 Å². The molecule has 0 bridgehead atoms. The minimum Gasteiger partial charge on any atom is -0.379 e. The van der Waals surface area contributed by atoms with E-state index in [4.69, 9.17) is 62.2 Å². The molecule has 2 rings (SSSR count). The van der Waals surface area contributed by atoms with Gasteiger partial charge in [-0.3, -0.25) is 10.1 Å². The molecule has 0 aromatic heterocycles. The number of rotatable bonds is 4. The molecular formula is C12H4Cl5NO5S. The summed E-state index contributed by atoms with van der Waals surface area (Å²) in [6.07, 6.45) is 0. The van der Waals surface area contributed by atoms with Gasteiger partial charge >= 0.3 is 10.1 Å². The molecule has 0 fully saturated rings. The topological polar surface area (TPSA) is 86.5 Å². The summed E-state index contributed by atoms with van der Waals surface area (Å²) in [6.45, 7) is 0. The third kappa shape index (κ3) is 3.66. The van der Waals surface area contributed by atoms with E-state index in [1.54, 1.807) is 0 Å². The van der Waals surface area contributed by atoms with Gasteiger partial charge in [0.15, 0.2) is 0 Å². The standard InChI is InChI=1S/C12H4Cl5NO5S/c13-7-8(14)10(16)12(11(17)9(7)15)24(21,22)23-6-3-1-5(2-4-6)18(19)20/h1-4H. The Bertz CT molecular complexity index is 901. The van der Waals surface area contributed by atoms with Crippen molar-refractivity contribution in [3.8, 4) is 5.75 Å². The molecule has 0 unspecified atom stereocenters. The minimum absolute atomic E-state index is 0.199. The van der Waals surface area contributed by atoms with Crippen LogP contribution in [0.4, 0.5) is 5.69 Å². The average Bonchev–Trinajstić information content (AvgIpc) is 2.51. The molecule has 6 nitrogen and oxygen atoms in total. The van der Waals surface area contributed by atoms with E-state index >= 15 is 0 Å². The number of benzene rings is 2. The van der Waals surface area contributed by atoms with Gasteiger partial charge in [0.2, 0.25) is 0 Å². The van der Waals surface area contributed by atoms with Gasteiger partial charge in [0.05, 0.1) is 30.0 Å². The Morgan fingerprint density at radius 2 is 1.25 bits per heavy atom. The van der Waals surface area contributed by atoms with Crippen LogP contribution in [-0.2, 0) is 10.1 Å². The van der Waals surface area contributed by atoms with Gasteiger partial charge in [-0.2, -0.15) is 8.42 Å². The first-order chi connectivity index (χ1) is 11.1. The Labute approximate surface area is 161 Å². The average molecular weight is 451 g/mol. The van der Waals surface area contributed by atoms with Crippen molar-refractivity contribution in [1.82, 2.24) is 0 Å². The largest absolute Gasteiger partial charge is 0.379 e. The van der Waals surface area contributed by atoms with Crippen LogP contribution in [0.1, 0.15) is 0 Å². The second-order valence-corrected chi connectivity index (χ2v) is 7.56. The van der Waals surface area contributed by atoms with Crippen molar-refractivity contribution >= 4 is 73.8 Å². The minimum atomic E-state index is -4.53. The maximum Gasteiger partial charge on any atom is 0.342 e. The lowest BCUT2D eigenvalue weighted by Crippen LogP contribution is -2.11. The molecule has 0 aliphatic rings. The lowest BCUT2D eigenvalue weighted by molar-refractivity contribution is -0.384. The predicted octanol–water partition coefficient (Wildman–Crippen LogP) is 5.63. The molecule has 128 valence electrons. The van der Waals surface area contributed by atoms with Crippen molar-refractivity contribution < 1.29 is 17.5 Å². The summed E-state index contributed by atoms with van der Waals surface area (Å²) in [4.78, 5) is 9.27. The molecule has 0 atom stereocenters. The highest BCUT2D eigenvalue weighted by molar-refractivity contribution is 7.87. The maximum absolute atomic E-state index is 12.4. The summed E-state index contributed by atoms with van der Waals surface area (Å²) in [5, 5.41) is 8.84. The molecule has 2 aromatic carbocycles. The molecule has 0 amide bonds. The van der Waals surface area contributed by atoms with E-state index in [-0.39, 0.29) is 26.5 Å². The third-order valence-corrected chi connectivity index (χ3v) is 6.49. The number of nitrogens with zero attached hydrogens (tertiary/aromatic N) is 1. The van der Waals surface area contributed by atoms with Crippen molar-refractivity contribution in [2.75, 3.05) is 0 Å². The summed E-state index contributed by atoms with van der Waals surface area (Å²) in [5.74, 6) is -0.199. The summed E-state index contributed by atoms with van der Waals surface area (Å²) >= 11 is 29.2. The molecule has 0 radical (unpaired) electrons. The van der Waals surface area contributed by atoms with Gasteiger partial charge in [-0.25, -0.2) is 0 Å². The number of hydrogen-bond acceptors (Lipinski definition) is 5. The highest BCUT2D eigenvalue weighted by atomic mass is 35.5.